The molecule has 1 aromatic carbocycles. The third-order valence-electron chi connectivity index (χ3n) is 2.53. The van der Waals surface area contributed by atoms with Gasteiger partial charge in [-0.05, 0) is 18.6 Å². The number of phenolic OH excluding ortho intramolecular Hbond substituents is 1. The van der Waals surface area contributed by atoms with Crippen LogP contribution < -0.4 is 4.90 Å². The molecule has 0 atom stereocenters. The minimum absolute atomic E-state index is 0.275. The molecule has 0 amide bonds. The summed E-state index contributed by atoms with van der Waals surface area (Å²) in [5.41, 5.74) is 0.762. The highest BCUT2D eigenvalue weighted by Crippen LogP contribution is 2.30. The first-order valence-electron chi connectivity index (χ1n) is 5.59. The Bertz CT molecular complexity index is 376. The molecule has 3 nitrogen and oxygen atoms in total. The van der Waals surface area contributed by atoms with Crippen LogP contribution in [-0.2, 0) is 0 Å². The van der Waals surface area contributed by atoms with E-state index >= 15 is 0 Å². The van der Waals surface area contributed by atoms with Gasteiger partial charge in [0.1, 0.15) is 5.75 Å². The van der Waals surface area contributed by atoms with Crippen molar-refractivity contribution in [1.82, 2.24) is 4.90 Å². The Morgan fingerprint density at radius 1 is 1.25 bits per heavy atom. The lowest BCUT2D eigenvalue weighted by molar-refractivity contribution is 0.448. The Labute approximate surface area is 96.6 Å². The molecule has 0 bridgehead atoms. The molecule has 0 aromatic heterocycles. The lowest BCUT2D eigenvalue weighted by Crippen LogP contribution is -2.19. The maximum Gasteiger partial charge on any atom is 0.212 e. The lowest BCUT2D eigenvalue weighted by Gasteiger charge is -2.19. The molecule has 16 heavy (non-hydrogen) atoms. The normalized spacial score (nSPS) is 14.8. The van der Waals surface area contributed by atoms with Gasteiger partial charge in [-0.25, -0.2) is 0 Å². The van der Waals surface area contributed by atoms with E-state index in [2.05, 4.69) is 13.6 Å². The van der Waals surface area contributed by atoms with E-state index in [1.54, 1.807) is 6.07 Å². The van der Waals surface area contributed by atoms with Crippen molar-refractivity contribution >= 4 is 5.69 Å². The van der Waals surface area contributed by atoms with Gasteiger partial charge in [0.2, 0.25) is 6.67 Å². The van der Waals surface area contributed by atoms with Crippen LogP contribution in [0.2, 0.25) is 0 Å². The summed E-state index contributed by atoms with van der Waals surface area (Å²) in [6.07, 6.45) is 6.20. The van der Waals surface area contributed by atoms with Crippen LogP contribution in [0.5, 0.6) is 5.75 Å². The number of hydrogen-bond acceptors (Lipinski definition) is 3. The molecule has 1 aromatic rings. The quantitative estimate of drug-likeness (QED) is 0.838. The lowest BCUT2D eigenvalue weighted by atomic mass is 10.3. The van der Waals surface area contributed by atoms with E-state index in [0.29, 0.717) is 0 Å². The first kappa shape index (κ1) is 10.9. The molecule has 0 unspecified atom stereocenters. The molecular weight excluding hydrogens is 200 g/mol. The van der Waals surface area contributed by atoms with Crippen LogP contribution >= 0.6 is 0 Å². The summed E-state index contributed by atoms with van der Waals surface area (Å²) < 4.78 is 0. The van der Waals surface area contributed by atoms with Gasteiger partial charge in [0, 0.05) is 18.9 Å². The molecular formula is C13H16N2O. The number of nitrogens with zero attached hydrogens (tertiary/aromatic N) is 2. The molecule has 0 aliphatic carbocycles. The van der Waals surface area contributed by atoms with Crippen LogP contribution in [0.3, 0.4) is 0 Å². The second-order valence-electron chi connectivity index (χ2n) is 3.80. The summed E-state index contributed by atoms with van der Waals surface area (Å²) in [5.74, 6) is 0.275. The fraction of sp³-hybridized carbons (Fsp3) is 0.308. The van der Waals surface area contributed by atoms with Crippen molar-refractivity contribution in [3.05, 3.63) is 43.3 Å². The smallest absolute Gasteiger partial charge is 0.212 e. The monoisotopic (exact) mass is 216 g/mol. The minimum Gasteiger partial charge on any atom is -0.506 e. The van der Waals surface area contributed by atoms with Crippen molar-refractivity contribution in [2.45, 2.75) is 19.8 Å². The minimum atomic E-state index is 0.275. The topological polar surface area (TPSA) is 26.7 Å². The average molecular weight is 216 g/mol. The molecule has 0 spiro atoms. The first-order valence-corrected chi connectivity index (χ1v) is 5.59. The van der Waals surface area contributed by atoms with Gasteiger partial charge < -0.3 is 14.9 Å². The Hall–Kier alpha value is -1.64. The van der Waals surface area contributed by atoms with Gasteiger partial charge in [-0.2, -0.15) is 0 Å². The molecule has 2 radical (unpaired) electrons. The van der Waals surface area contributed by atoms with Gasteiger partial charge >= 0.3 is 0 Å². The third-order valence-corrected chi connectivity index (χ3v) is 2.53. The van der Waals surface area contributed by atoms with E-state index in [0.717, 1.165) is 18.7 Å². The van der Waals surface area contributed by atoms with E-state index in [9.17, 15) is 5.11 Å². The zero-order chi connectivity index (χ0) is 11.4. The number of para-hydroxylation sites is 2. The van der Waals surface area contributed by atoms with Crippen molar-refractivity contribution in [2.24, 2.45) is 0 Å². The number of aromatic hydroxyl groups is 1. The summed E-state index contributed by atoms with van der Waals surface area (Å²) in [6.45, 7) is 6.32. The van der Waals surface area contributed by atoms with Crippen LogP contribution in [-0.4, -0.2) is 16.6 Å². The summed E-state index contributed by atoms with van der Waals surface area (Å²) in [7, 11) is 0. The van der Waals surface area contributed by atoms with Gasteiger partial charge in [-0.15, -0.1) is 0 Å². The number of phenols is 1. The number of anilines is 1. The maximum absolute atomic E-state index is 9.70. The molecule has 84 valence electrons. The third kappa shape index (κ3) is 2.30. The van der Waals surface area contributed by atoms with Crippen LogP contribution in [0, 0.1) is 6.67 Å². The van der Waals surface area contributed by atoms with Crippen LogP contribution in [0.1, 0.15) is 19.8 Å². The van der Waals surface area contributed by atoms with Gasteiger partial charge in [-0.1, -0.05) is 25.5 Å². The molecule has 0 fully saturated rings. The average Bonchev–Trinajstić information content (AvgIpc) is 2.75. The number of unbranched alkanes of at least 4 members (excludes halogenated alkanes) is 1. The predicted octanol–water partition coefficient (Wildman–Crippen LogP) is 2.78. The molecule has 0 saturated heterocycles. The Morgan fingerprint density at radius 3 is 2.81 bits per heavy atom. The second-order valence-corrected chi connectivity index (χ2v) is 3.80. The van der Waals surface area contributed by atoms with Crippen molar-refractivity contribution in [3.63, 3.8) is 0 Å². The molecule has 1 aliphatic rings. The highest BCUT2D eigenvalue weighted by atomic mass is 16.3. The van der Waals surface area contributed by atoms with Crippen molar-refractivity contribution in [1.29, 1.82) is 0 Å². The van der Waals surface area contributed by atoms with Gasteiger partial charge in [0.05, 0.1) is 5.69 Å². The summed E-state index contributed by atoms with van der Waals surface area (Å²) in [6, 6.07) is 7.27. The van der Waals surface area contributed by atoms with E-state index in [4.69, 9.17) is 0 Å². The SMILES string of the molecule is CCCCN1[C]N(c2ccccc2O)C=C1. The summed E-state index contributed by atoms with van der Waals surface area (Å²) in [4.78, 5) is 3.82. The van der Waals surface area contributed by atoms with Crippen LogP contribution in [0.25, 0.3) is 0 Å². The molecule has 0 saturated carbocycles. The fourth-order valence-electron chi connectivity index (χ4n) is 1.61. The molecule has 1 N–H and O–H groups in total. The fourth-order valence-corrected chi connectivity index (χ4v) is 1.61. The van der Waals surface area contributed by atoms with E-state index in [1.807, 2.05) is 40.4 Å². The molecule has 1 aliphatic heterocycles. The Balaban J connectivity index is 1.99. The molecule has 3 heteroatoms. The molecule has 2 rings (SSSR count). The van der Waals surface area contributed by atoms with Crippen LogP contribution in [0.4, 0.5) is 5.69 Å². The predicted molar refractivity (Wildman–Crippen MR) is 64.6 cm³/mol. The Kier molecular flexibility index (Phi) is 3.34. The van der Waals surface area contributed by atoms with Crippen molar-refractivity contribution < 1.29 is 5.11 Å². The maximum atomic E-state index is 9.70. The number of rotatable bonds is 4. The second kappa shape index (κ2) is 4.92. The van der Waals surface area contributed by atoms with E-state index in [1.165, 1.54) is 6.42 Å². The summed E-state index contributed by atoms with van der Waals surface area (Å²) in [5, 5.41) is 9.70. The van der Waals surface area contributed by atoms with Gasteiger partial charge in [0.25, 0.3) is 0 Å². The zero-order valence-corrected chi connectivity index (χ0v) is 9.43. The van der Waals surface area contributed by atoms with E-state index < -0.39 is 0 Å². The van der Waals surface area contributed by atoms with Crippen LogP contribution in [0.15, 0.2) is 36.7 Å². The highest BCUT2D eigenvalue weighted by Gasteiger charge is 2.17. The molecule has 1 heterocycles. The zero-order valence-electron chi connectivity index (χ0n) is 9.43. The van der Waals surface area contributed by atoms with Gasteiger partial charge in [0.15, 0.2) is 0 Å². The van der Waals surface area contributed by atoms with E-state index in [-0.39, 0.29) is 5.75 Å². The standard InChI is InChI=1S/C13H16N2O/c1-2-3-8-14-9-10-15(11-14)12-6-4-5-7-13(12)16/h4-7,9-10,16H,2-3,8H2,1H3. The largest absolute Gasteiger partial charge is 0.506 e. The number of benzene rings is 1. The first-order chi connectivity index (χ1) is 7.81. The van der Waals surface area contributed by atoms with Gasteiger partial charge in [-0.3, -0.25) is 0 Å². The van der Waals surface area contributed by atoms with Crippen molar-refractivity contribution in [3.8, 4) is 5.75 Å². The summed E-state index contributed by atoms with van der Waals surface area (Å²) >= 11 is 0. The van der Waals surface area contributed by atoms with Crippen molar-refractivity contribution in [2.75, 3.05) is 11.4 Å². The number of hydrogen-bond donors (Lipinski definition) is 1. The Morgan fingerprint density at radius 2 is 2.06 bits per heavy atom. The highest BCUT2D eigenvalue weighted by molar-refractivity contribution is 5.61.